The van der Waals surface area contributed by atoms with Gasteiger partial charge in [-0.05, 0) is 12.8 Å². The number of nitrogen functional groups attached to an aromatic ring is 1. The molecule has 0 aromatic carbocycles. The molecule has 0 amide bonds. The zero-order valence-corrected chi connectivity index (χ0v) is 8.19. The molecule has 4 nitrogen and oxygen atoms in total. The van der Waals surface area contributed by atoms with Crippen LogP contribution in [0.4, 0.5) is 5.69 Å². The van der Waals surface area contributed by atoms with E-state index in [1.54, 1.807) is 0 Å². The molecule has 1 aromatic heterocycles. The van der Waals surface area contributed by atoms with Crippen LogP contribution in [0, 0.1) is 5.92 Å². The standard InChI is InChI=1S/C9H15N3O/c1-6(2)7(3)13-9-11-4-8(10)5-12-9/h4-7H,10H2,1-3H3. The zero-order valence-electron chi connectivity index (χ0n) is 8.19. The molecule has 1 atom stereocenters. The third-order valence-corrected chi connectivity index (χ3v) is 1.88. The lowest BCUT2D eigenvalue weighted by Gasteiger charge is -2.15. The largest absolute Gasteiger partial charge is 0.460 e. The van der Waals surface area contributed by atoms with Gasteiger partial charge in [0.25, 0.3) is 0 Å². The van der Waals surface area contributed by atoms with Gasteiger partial charge in [0.2, 0.25) is 0 Å². The quantitative estimate of drug-likeness (QED) is 0.767. The highest BCUT2D eigenvalue weighted by Crippen LogP contribution is 2.10. The number of hydrogen-bond acceptors (Lipinski definition) is 4. The van der Waals surface area contributed by atoms with Crippen molar-refractivity contribution in [3.8, 4) is 6.01 Å². The van der Waals surface area contributed by atoms with E-state index < -0.39 is 0 Å². The highest BCUT2D eigenvalue weighted by atomic mass is 16.5. The van der Waals surface area contributed by atoms with Crippen LogP contribution in [0.1, 0.15) is 20.8 Å². The van der Waals surface area contributed by atoms with Crippen LogP contribution in [0.2, 0.25) is 0 Å². The minimum atomic E-state index is 0.114. The van der Waals surface area contributed by atoms with Crippen LogP contribution in [0.3, 0.4) is 0 Å². The van der Waals surface area contributed by atoms with Crippen LogP contribution in [0.15, 0.2) is 12.4 Å². The number of nitrogens with two attached hydrogens (primary N) is 1. The molecule has 0 radical (unpaired) electrons. The average molecular weight is 181 g/mol. The van der Waals surface area contributed by atoms with Gasteiger partial charge in [-0.2, -0.15) is 0 Å². The normalized spacial score (nSPS) is 12.9. The van der Waals surface area contributed by atoms with E-state index in [1.165, 1.54) is 12.4 Å². The van der Waals surface area contributed by atoms with Gasteiger partial charge in [-0.25, -0.2) is 9.97 Å². The van der Waals surface area contributed by atoms with E-state index in [-0.39, 0.29) is 6.10 Å². The Morgan fingerprint density at radius 1 is 1.23 bits per heavy atom. The molecule has 1 rings (SSSR count). The van der Waals surface area contributed by atoms with Gasteiger partial charge in [0.05, 0.1) is 18.1 Å². The van der Waals surface area contributed by atoms with Crippen molar-refractivity contribution in [3.63, 3.8) is 0 Å². The number of rotatable bonds is 3. The molecule has 0 saturated carbocycles. The van der Waals surface area contributed by atoms with E-state index >= 15 is 0 Å². The van der Waals surface area contributed by atoms with Crippen molar-refractivity contribution >= 4 is 5.69 Å². The lowest BCUT2D eigenvalue weighted by Crippen LogP contribution is -2.19. The fourth-order valence-corrected chi connectivity index (χ4v) is 0.689. The topological polar surface area (TPSA) is 61.0 Å². The molecule has 0 saturated heterocycles. The van der Waals surface area contributed by atoms with E-state index in [1.807, 2.05) is 6.92 Å². The molecule has 13 heavy (non-hydrogen) atoms. The van der Waals surface area contributed by atoms with Crippen LogP contribution >= 0.6 is 0 Å². The maximum atomic E-state index is 5.45. The molecule has 0 bridgehead atoms. The average Bonchev–Trinajstić information content (AvgIpc) is 2.08. The fraction of sp³-hybridized carbons (Fsp3) is 0.556. The van der Waals surface area contributed by atoms with Crippen LogP contribution in [0.5, 0.6) is 6.01 Å². The summed E-state index contributed by atoms with van der Waals surface area (Å²) in [5.41, 5.74) is 5.98. The molecule has 0 spiro atoms. The Balaban J connectivity index is 2.59. The first kappa shape index (κ1) is 9.77. The Kier molecular flexibility index (Phi) is 3.06. The van der Waals surface area contributed by atoms with Crippen LogP contribution in [0.25, 0.3) is 0 Å². The van der Waals surface area contributed by atoms with E-state index in [2.05, 4.69) is 23.8 Å². The number of anilines is 1. The summed E-state index contributed by atoms with van der Waals surface area (Å²) in [6.45, 7) is 6.16. The summed E-state index contributed by atoms with van der Waals surface area (Å²) in [5, 5.41) is 0. The maximum absolute atomic E-state index is 5.45. The third kappa shape index (κ3) is 2.89. The summed E-state index contributed by atoms with van der Waals surface area (Å²) in [6.07, 6.45) is 3.19. The van der Waals surface area contributed by atoms with Crippen molar-refractivity contribution in [2.24, 2.45) is 5.92 Å². The molecular formula is C9H15N3O. The molecule has 4 heteroatoms. The van der Waals surface area contributed by atoms with Gasteiger partial charge < -0.3 is 10.5 Å². The molecule has 0 aliphatic heterocycles. The molecule has 0 aliphatic rings. The van der Waals surface area contributed by atoms with E-state index in [4.69, 9.17) is 10.5 Å². The Labute approximate surface area is 78.1 Å². The first-order valence-corrected chi connectivity index (χ1v) is 4.33. The monoisotopic (exact) mass is 181 g/mol. The molecular weight excluding hydrogens is 166 g/mol. The van der Waals surface area contributed by atoms with E-state index in [0.29, 0.717) is 17.6 Å². The van der Waals surface area contributed by atoms with Gasteiger partial charge in [0, 0.05) is 0 Å². The first-order chi connectivity index (χ1) is 6.09. The molecule has 0 fully saturated rings. The minimum absolute atomic E-state index is 0.114. The zero-order chi connectivity index (χ0) is 9.84. The first-order valence-electron chi connectivity index (χ1n) is 4.33. The van der Waals surface area contributed by atoms with Crippen molar-refractivity contribution in [1.29, 1.82) is 0 Å². The van der Waals surface area contributed by atoms with Gasteiger partial charge in [-0.15, -0.1) is 0 Å². The van der Waals surface area contributed by atoms with Crippen LogP contribution in [-0.2, 0) is 0 Å². The number of ether oxygens (including phenoxy) is 1. The van der Waals surface area contributed by atoms with Crippen LogP contribution in [-0.4, -0.2) is 16.1 Å². The van der Waals surface area contributed by atoms with Crippen LogP contribution < -0.4 is 10.5 Å². The molecule has 1 unspecified atom stereocenters. The SMILES string of the molecule is CC(C)C(C)Oc1ncc(N)cn1. The summed E-state index contributed by atoms with van der Waals surface area (Å²) in [5.74, 6) is 0.446. The van der Waals surface area contributed by atoms with Crippen molar-refractivity contribution in [2.45, 2.75) is 26.9 Å². The lowest BCUT2D eigenvalue weighted by molar-refractivity contribution is 0.156. The molecule has 2 N–H and O–H groups in total. The van der Waals surface area contributed by atoms with E-state index in [9.17, 15) is 0 Å². The Morgan fingerprint density at radius 2 is 1.77 bits per heavy atom. The summed E-state index contributed by atoms with van der Waals surface area (Å²) >= 11 is 0. The van der Waals surface area contributed by atoms with Gasteiger partial charge in [-0.3, -0.25) is 0 Å². The number of nitrogens with zero attached hydrogens (tertiary/aromatic N) is 2. The Hall–Kier alpha value is -1.32. The Bertz CT molecular complexity index is 258. The molecule has 0 aliphatic carbocycles. The summed E-state index contributed by atoms with van der Waals surface area (Å²) in [7, 11) is 0. The number of hydrogen-bond donors (Lipinski definition) is 1. The van der Waals surface area contributed by atoms with Gasteiger partial charge in [-0.1, -0.05) is 13.8 Å². The van der Waals surface area contributed by atoms with Gasteiger partial charge in [0.1, 0.15) is 6.10 Å². The summed E-state index contributed by atoms with van der Waals surface area (Å²) in [4.78, 5) is 7.88. The third-order valence-electron chi connectivity index (χ3n) is 1.88. The highest BCUT2D eigenvalue weighted by molar-refractivity contribution is 5.30. The second-order valence-corrected chi connectivity index (χ2v) is 3.37. The molecule has 72 valence electrons. The van der Waals surface area contributed by atoms with Gasteiger partial charge >= 0.3 is 6.01 Å². The lowest BCUT2D eigenvalue weighted by atomic mass is 10.1. The Morgan fingerprint density at radius 3 is 2.23 bits per heavy atom. The second-order valence-electron chi connectivity index (χ2n) is 3.37. The second kappa shape index (κ2) is 4.07. The van der Waals surface area contributed by atoms with E-state index in [0.717, 1.165) is 0 Å². The molecule has 1 heterocycles. The van der Waals surface area contributed by atoms with Gasteiger partial charge in [0.15, 0.2) is 0 Å². The highest BCUT2D eigenvalue weighted by Gasteiger charge is 2.09. The fourth-order valence-electron chi connectivity index (χ4n) is 0.689. The van der Waals surface area contributed by atoms with Crippen molar-refractivity contribution in [3.05, 3.63) is 12.4 Å². The smallest absolute Gasteiger partial charge is 0.316 e. The predicted molar refractivity (Wildman–Crippen MR) is 51.4 cm³/mol. The molecule has 1 aromatic rings. The maximum Gasteiger partial charge on any atom is 0.316 e. The summed E-state index contributed by atoms with van der Waals surface area (Å²) < 4.78 is 5.45. The van der Waals surface area contributed by atoms with Crippen molar-refractivity contribution in [2.75, 3.05) is 5.73 Å². The summed E-state index contributed by atoms with van der Waals surface area (Å²) in [6, 6.07) is 0.385. The van der Waals surface area contributed by atoms with Crippen molar-refractivity contribution < 1.29 is 4.74 Å². The van der Waals surface area contributed by atoms with Crippen molar-refractivity contribution in [1.82, 2.24) is 9.97 Å². The minimum Gasteiger partial charge on any atom is -0.460 e. The number of aromatic nitrogens is 2. The predicted octanol–water partition coefficient (Wildman–Crippen LogP) is 1.48.